The fourth-order valence-corrected chi connectivity index (χ4v) is 2.08. The lowest BCUT2D eigenvalue weighted by atomic mass is 9.98. The summed E-state index contributed by atoms with van der Waals surface area (Å²) in [6.45, 7) is 1.76. The molecule has 0 spiro atoms. The highest BCUT2D eigenvalue weighted by atomic mass is 16.5. The molecule has 0 atom stereocenters. The number of amidine groups is 1. The molecule has 21 heavy (non-hydrogen) atoms. The summed E-state index contributed by atoms with van der Waals surface area (Å²) < 4.78 is 10.4. The SMILES string of the molecule is COCCOCc1ccc(-c2ccccc2C(=N)N)cc1. The first kappa shape index (κ1) is 15.2. The monoisotopic (exact) mass is 284 g/mol. The summed E-state index contributed by atoms with van der Waals surface area (Å²) in [6, 6.07) is 15.8. The Morgan fingerprint density at radius 1 is 1.05 bits per heavy atom. The number of rotatable bonds is 7. The Hall–Kier alpha value is -2.17. The second-order valence-corrected chi connectivity index (χ2v) is 4.70. The Balaban J connectivity index is 2.10. The number of methoxy groups -OCH3 is 1. The summed E-state index contributed by atoms with van der Waals surface area (Å²) in [4.78, 5) is 0. The molecule has 0 aliphatic heterocycles. The topological polar surface area (TPSA) is 68.3 Å². The zero-order chi connectivity index (χ0) is 15.1. The van der Waals surface area contributed by atoms with E-state index in [1.807, 2.05) is 48.5 Å². The molecule has 4 nitrogen and oxygen atoms in total. The smallest absolute Gasteiger partial charge is 0.123 e. The first-order valence-corrected chi connectivity index (χ1v) is 6.82. The van der Waals surface area contributed by atoms with E-state index in [-0.39, 0.29) is 5.84 Å². The number of nitrogens with two attached hydrogens (primary N) is 1. The lowest BCUT2D eigenvalue weighted by molar-refractivity contribution is 0.0617. The van der Waals surface area contributed by atoms with Crippen LogP contribution in [0.3, 0.4) is 0 Å². The molecule has 0 unspecified atom stereocenters. The minimum Gasteiger partial charge on any atom is -0.384 e. The maximum Gasteiger partial charge on any atom is 0.123 e. The van der Waals surface area contributed by atoms with Crippen LogP contribution in [0, 0.1) is 5.41 Å². The van der Waals surface area contributed by atoms with E-state index in [0.29, 0.717) is 19.8 Å². The molecule has 2 aromatic carbocycles. The Bertz CT molecular complexity index is 594. The van der Waals surface area contributed by atoms with Gasteiger partial charge in [-0.2, -0.15) is 0 Å². The Labute approximate surface area is 125 Å². The van der Waals surface area contributed by atoms with Crippen LogP contribution in [-0.4, -0.2) is 26.2 Å². The largest absolute Gasteiger partial charge is 0.384 e. The van der Waals surface area contributed by atoms with Crippen LogP contribution in [0.2, 0.25) is 0 Å². The Morgan fingerprint density at radius 3 is 2.43 bits per heavy atom. The summed E-state index contributed by atoms with van der Waals surface area (Å²) in [7, 11) is 1.66. The van der Waals surface area contributed by atoms with Crippen molar-refractivity contribution < 1.29 is 9.47 Å². The van der Waals surface area contributed by atoms with E-state index in [2.05, 4.69) is 0 Å². The van der Waals surface area contributed by atoms with Crippen LogP contribution in [0.1, 0.15) is 11.1 Å². The molecule has 2 rings (SSSR count). The summed E-state index contributed by atoms with van der Waals surface area (Å²) in [5, 5.41) is 7.64. The second-order valence-electron chi connectivity index (χ2n) is 4.70. The zero-order valence-corrected chi connectivity index (χ0v) is 12.1. The highest BCUT2D eigenvalue weighted by Crippen LogP contribution is 2.23. The van der Waals surface area contributed by atoms with Gasteiger partial charge >= 0.3 is 0 Å². The zero-order valence-electron chi connectivity index (χ0n) is 12.1. The molecule has 0 heterocycles. The highest BCUT2D eigenvalue weighted by Gasteiger charge is 2.06. The fraction of sp³-hybridized carbons (Fsp3) is 0.235. The molecule has 2 aromatic rings. The maximum atomic E-state index is 7.64. The van der Waals surface area contributed by atoms with Crippen molar-refractivity contribution in [3.8, 4) is 11.1 Å². The summed E-state index contributed by atoms with van der Waals surface area (Å²) in [6.07, 6.45) is 0. The average Bonchev–Trinajstić information content (AvgIpc) is 2.52. The maximum absolute atomic E-state index is 7.64. The molecule has 0 aromatic heterocycles. The van der Waals surface area contributed by atoms with Crippen LogP contribution in [0.5, 0.6) is 0 Å². The van der Waals surface area contributed by atoms with Gasteiger partial charge in [0.2, 0.25) is 0 Å². The minimum absolute atomic E-state index is 0.0811. The van der Waals surface area contributed by atoms with Crippen molar-refractivity contribution in [2.24, 2.45) is 5.73 Å². The number of ether oxygens (including phenoxy) is 2. The molecule has 3 N–H and O–H groups in total. The second kappa shape index (κ2) is 7.57. The predicted octanol–water partition coefficient (Wildman–Crippen LogP) is 2.80. The Morgan fingerprint density at radius 2 is 1.76 bits per heavy atom. The molecular formula is C17H20N2O2. The van der Waals surface area contributed by atoms with Crippen LogP contribution in [0.4, 0.5) is 0 Å². The van der Waals surface area contributed by atoms with Crippen LogP contribution in [0.15, 0.2) is 48.5 Å². The number of hydrogen-bond donors (Lipinski definition) is 2. The van der Waals surface area contributed by atoms with Crippen molar-refractivity contribution in [1.82, 2.24) is 0 Å². The van der Waals surface area contributed by atoms with Gasteiger partial charge in [-0.25, -0.2) is 0 Å². The molecule has 0 radical (unpaired) electrons. The molecule has 0 amide bonds. The van der Waals surface area contributed by atoms with Gasteiger partial charge in [0, 0.05) is 12.7 Å². The number of nitrogen functional groups attached to an aromatic ring is 1. The van der Waals surface area contributed by atoms with Gasteiger partial charge < -0.3 is 15.2 Å². The van der Waals surface area contributed by atoms with Gasteiger partial charge in [-0.1, -0.05) is 48.5 Å². The van der Waals surface area contributed by atoms with Crippen molar-refractivity contribution in [3.05, 3.63) is 59.7 Å². The van der Waals surface area contributed by atoms with E-state index in [9.17, 15) is 0 Å². The van der Waals surface area contributed by atoms with Crippen molar-refractivity contribution in [2.75, 3.05) is 20.3 Å². The molecule has 110 valence electrons. The minimum atomic E-state index is 0.0811. The van der Waals surface area contributed by atoms with Gasteiger partial charge in [-0.05, 0) is 16.7 Å². The van der Waals surface area contributed by atoms with Crippen LogP contribution < -0.4 is 5.73 Å². The van der Waals surface area contributed by atoms with E-state index in [1.54, 1.807) is 7.11 Å². The number of hydrogen-bond acceptors (Lipinski definition) is 3. The van der Waals surface area contributed by atoms with Gasteiger partial charge in [-0.3, -0.25) is 5.41 Å². The van der Waals surface area contributed by atoms with E-state index in [0.717, 1.165) is 22.3 Å². The standard InChI is InChI=1S/C17H20N2O2/c1-20-10-11-21-12-13-6-8-14(9-7-13)15-4-2-3-5-16(15)17(18)19/h2-9H,10-12H2,1H3,(H3,18,19). The summed E-state index contributed by atoms with van der Waals surface area (Å²) in [5.74, 6) is 0.0811. The van der Waals surface area contributed by atoms with E-state index >= 15 is 0 Å². The highest BCUT2D eigenvalue weighted by molar-refractivity contribution is 6.01. The quantitative estimate of drug-likeness (QED) is 0.466. The Kier molecular flexibility index (Phi) is 5.49. The van der Waals surface area contributed by atoms with Gasteiger partial charge in [0.15, 0.2) is 0 Å². The van der Waals surface area contributed by atoms with Gasteiger partial charge in [0.1, 0.15) is 5.84 Å². The lowest BCUT2D eigenvalue weighted by Crippen LogP contribution is -2.12. The van der Waals surface area contributed by atoms with Crippen molar-refractivity contribution in [1.29, 1.82) is 5.41 Å². The molecule has 0 saturated heterocycles. The molecule has 4 heteroatoms. The van der Waals surface area contributed by atoms with Crippen molar-refractivity contribution in [2.45, 2.75) is 6.61 Å². The van der Waals surface area contributed by atoms with E-state index < -0.39 is 0 Å². The van der Waals surface area contributed by atoms with Gasteiger partial charge in [0.25, 0.3) is 0 Å². The van der Waals surface area contributed by atoms with Crippen molar-refractivity contribution >= 4 is 5.84 Å². The van der Waals surface area contributed by atoms with E-state index in [4.69, 9.17) is 20.6 Å². The fourth-order valence-electron chi connectivity index (χ4n) is 2.08. The summed E-state index contributed by atoms with van der Waals surface area (Å²) in [5.41, 5.74) is 9.50. The number of benzene rings is 2. The molecule has 0 aliphatic carbocycles. The molecule has 0 aliphatic rings. The first-order chi connectivity index (χ1) is 10.2. The summed E-state index contributed by atoms with van der Waals surface area (Å²) >= 11 is 0. The third kappa shape index (κ3) is 4.15. The van der Waals surface area contributed by atoms with Crippen LogP contribution in [-0.2, 0) is 16.1 Å². The molecular weight excluding hydrogens is 264 g/mol. The van der Waals surface area contributed by atoms with Crippen molar-refractivity contribution in [3.63, 3.8) is 0 Å². The third-order valence-corrected chi connectivity index (χ3v) is 3.18. The predicted molar refractivity (Wildman–Crippen MR) is 84.4 cm³/mol. The van der Waals surface area contributed by atoms with Gasteiger partial charge in [-0.15, -0.1) is 0 Å². The molecule has 0 bridgehead atoms. The van der Waals surface area contributed by atoms with Crippen LogP contribution >= 0.6 is 0 Å². The third-order valence-electron chi connectivity index (χ3n) is 3.18. The van der Waals surface area contributed by atoms with Gasteiger partial charge in [0.05, 0.1) is 19.8 Å². The lowest BCUT2D eigenvalue weighted by Gasteiger charge is -2.09. The van der Waals surface area contributed by atoms with Crippen LogP contribution in [0.25, 0.3) is 11.1 Å². The molecule has 0 fully saturated rings. The first-order valence-electron chi connectivity index (χ1n) is 6.82. The molecule has 0 saturated carbocycles. The van der Waals surface area contributed by atoms with E-state index in [1.165, 1.54) is 0 Å². The average molecular weight is 284 g/mol. The normalized spacial score (nSPS) is 10.5. The number of nitrogens with one attached hydrogen (secondary N) is 1.